The van der Waals surface area contributed by atoms with Gasteiger partial charge in [-0.2, -0.15) is 0 Å². The molecule has 4 rings (SSSR count). The number of rotatable bonds is 6. The van der Waals surface area contributed by atoms with Crippen LogP contribution in [0.3, 0.4) is 0 Å². The lowest BCUT2D eigenvalue weighted by Gasteiger charge is -2.06. The molecule has 7 nitrogen and oxygen atoms in total. The van der Waals surface area contributed by atoms with Crippen molar-refractivity contribution in [2.75, 3.05) is 6.79 Å². The topological polar surface area (TPSA) is 77.8 Å². The van der Waals surface area contributed by atoms with Gasteiger partial charge in [0, 0.05) is 25.6 Å². The van der Waals surface area contributed by atoms with Crippen LogP contribution in [0.1, 0.15) is 24.2 Å². The molecule has 3 aromatic rings. The Morgan fingerprint density at radius 2 is 2.08 bits per heavy atom. The summed E-state index contributed by atoms with van der Waals surface area (Å²) in [7, 11) is 0. The maximum Gasteiger partial charge on any atom is 0.231 e. The number of benzene rings is 1. The molecule has 1 aromatic carbocycles. The van der Waals surface area contributed by atoms with Gasteiger partial charge in [0.15, 0.2) is 17.1 Å². The molecule has 0 unspecified atom stereocenters. The highest BCUT2D eigenvalue weighted by molar-refractivity contribution is 5.75. The summed E-state index contributed by atoms with van der Waals surface area (Å²) in [5, 5.41) is 11.2. The molecule has 0 bridgehead atoms. The molecule has 1 N–H and O–H groups in total. The predicted octanol–water partition coefficient (Wildman–Crippen LogP) is 2.10. The summed E-state index contributed by atoms with van der Waals surface area (Å²) in [6, 6.07) is 11.5. The normalized spacial score (nSPS) is 12.5. The highest BCUT2D eigenvalue weighted by atomic mass is 16.7. The number of pyridine rings is 1. The molecule has 3 heterocycles. The van der Waals surface area contributed by atoms with Gasteiger partial charge in [-0.1, -0.05) is 12.1 Å². The first-order chi connectivity index (χ1) is 12.3. The zero-order chi connectivity index (χ0) is 17.1. The largest absolute Gasteiger partial charge is 0.454 e. The molecule has 0 radical (unpaired) electrons. The number of nitrogens with zero attached hydrogens (tertiary/aromatic N) is 3. The van der Waals surface area contributed by atoms with Crippen LogP contribution in [0.4, 0.5) is 0 Å². The van der Waals surface area contributed by atoms with Gasteiger partial charge in [-0.05, 0) is 36.2 Å². The summed E-state index contributed by atoms with van der Waals surface area (Å²) in [6.45, 7) is 0.728. The molecule has 2 aromatic heterocycles. The van der Waals surface area contributed by atoms with Crippen molar-refractivity contribution in [1.29, 1.82) is 0 Å². The zero-order valence-corrected chi connectivity index (χ0v) is 13.6. The number of nitrogens with one attached hydrogen (secondary N) is 1. The number of aromatic nitrogens is 3. The number of carbonyl (C=O) groups is 1. The van der Waals surface area contributed by atoms with Gasteiger partial charge in [-0.25, -0.2) is 0 Å². The molecule has 1 aliphatic heterocycles. The molecule has 0 aliphatic carbocycles. The van der Waals surface area contributed by atoms with Gasteiger partial charge in [0.2, 0.25) is 12.7 Å². The molecular weight excluding hydrogens is 320 g/mol. The van der Waals surface area contributed by atoms with Crippen LogP contribution in [-0.2, 0) is 17.8 Å². The van der Waals surface area contributed by atoms with Crippen LogP contribution in [-0.4, -0.2) is 27.3 Å². The Morgan fingerprint density at radius 1 is 1.16 bits per heavy atom. The minimum Gasteiger partial charge on any atom is -0.454 e. The van der Waals surface area contributed by atoms with Crippen LogP contribution in [0.5, 0.6) is 11.5 Å². The SMILES string of the molecule is O=C(CCCc1nnc2ccccn12)NCc1ccc2c(c1)OCO2. The smallest absolute Gasteiger partial charge is 0.231 e. The third-order valence-electron chi connectivity index (χ3n) is 4.12. The van der Waals surface area contributed by atoms with Gasteiger partial charge in [0.05, 0.1) is 0 Å². The highest BCUT2D eigenvalue weighted by Crippen LogP contribution is 2.32. The maximum atomic E-state index is 12.0. The van der Waals surface area contributed by atoms with Gasteiger partial charge < -0.3 is 14.8 Å². The van der Waals surface area contributed by atoms with Crippen molar-refractivity contribution >= 4 is 11.6 Å². The molecule has 0 spiro atoms. The Morgan fingerprint density at radius 3 is 3.04 bits per heavy atom. The van der Waals surface area contributed by atoms with Gasteiger partial charge >= 0.3 is 0 Å². The second-order valence-corrected chi connectivity index (χ2v) is 5.86. The molecule has 1 aliphatic rings. The van der Waals surface area contributed by atoms with Crippen molar-refractivity contribution in [2.45, 2.75) is 25.8 Å². The zero-order valence-electron chi connectivity index (χ0n) is 13.6. The van der Waals surface area contributed by atoms with Gasteiger partial charge in [0.25, 0.3) is 0 Å². The third-order valence-corrected chi connectivity index (χ3v) is 4.12. The second kappa shape index (κ2) is 6.80. The van der Waals surface area contributed by atoms with Crippen LogP contribution in [0.15, 0.2) is 42.6 Å². The summed E-state index contributed by atoms with van der Waals surface area (Å²) in [5.74, 6) is 2.37. The van der Waals surface area contributed by atoms with E-state index in [1.165, 1.54) is 0 Å². The average molecular weight is 338 g/mol. The Balaban J connectivity index is 1.25. The first-order valence-electron chi connectivity index (χ1n) is 8.23. The van der Waals surface area contributed by atoms with Crippen LogP contribution in [0.25, 0.3) is 5.65 Å². The number of aryl methyl sites for hydroxylation is 1. The average Bonchev–Trinajstić information content (AvgIpc) is 3.26. The van der Waals surface area contributed by atoms with Crippen molar-refractivity contribution in [2.24, 2.45) is 0 Å². The molecule has 0 atom stereocenters. The fourth-order valence-corrected chi connectivity index (χ4v) is 2.81. The third kappa shape index (κ3) is 3.40. The molecule has 25 heavy (non-hydrogen) atoms. The van der Waals surface area contributed by atoms with E-state index in [-0.39, 0.29) is 12.7 Å². The van der Waals surface area contributed by atoms with Crippen LogP contribution in [0.2, 0.25) is 0 Å². The predicted molar refractivity (Wildman–Crippen MR) is 90.3 cm³/mol. The summed E-state index contributed by atoms with van der Waals surface area (Å²) >= 11 is 0. The lowest BCUT2D eigenvalue weighted by molar-refractivity contribution is -0.121. The minimum absolute atomic E-state index is 0.0199. The summed E-state index contributed by atoms with van der Waals surface area (Å²) < 4.78 is 12.6. The van der Waals surface area contributed by atoms with E-state index in [4.69, 9.17) is 9.47 Å². The Kier molecular flexibility index (Phi) is 4.20. The molecule has 0 fully saturated rings. The van der Waals surface area contributed by atoms with Gasteiger partial charge in [-0.15, -0.1) is 10.2 Å². The molecule has 128 valence electrons. The Labute approximate surface area is 144 Å². The van der Waals surface area contributed by atoms with Crippen molar-refractivity contribution in [3.05, 3.63) is 54.0 Å². The summed E-state index contributed by atoms with van der Waals surface area (Å²) in [6.07, 6.45) is 3.82. The fraction of sp³-hybridized carbons (Fsp3) is 0.278. The minimum atomic E-state index is 0.0199. The number of hydrogen-bond acceptors (Lipinski definition) is 5. The first-order valence-corrected chi connectivity index (χ1v) is 8.23. The lowest BCUT2D eigenvalue weighted by atomic mass is 10.2. The van der Waals surface area contributed by atoms with Crippen molar-refractivity contribution in [3.8, 4) is 11.5 Å². The number of fused-ring (bicyclic) bond motifs is 2. The van der Waals surface area contributed by atoms with Crippen molar-refractivity contribution in [3.63, 3.8) is 0 Å². The van der Waals surface area contributed by atoms with E-state index in [1.807, 2.05) is 47.0 Å². The Bertz CT molecular complexity index is 906. The number of hydrogen-bond donors (Lipinski definition) is 1. The molecule has 1 amide bonds. The maximum absolute atomic E-state index is 12.0. The molecule has 0 saturated carbocycles. The molecular formula is C18H18N4O3. The summed E-state index contributed by atoms with van der Waals surface area (Å²) in [5.41, 5.74) is 1.81. The van der Waals surface area contributed by atoms with E-state index in [2.05, 4.69) is 15.5 Å². The summed E-state index contributed by atoms with van der Waals surface area (Å²) in [4.78, 5) is 12.0. The number of amides is 1. The molecule has 7 heteroatoms. The molecule has 0 saturated heterocycles. The first kappa shape index (κ1) is 15.4. The van der Waals surface area contributed by atoms with Crippen molar-refractivity contribution < 1.29 is 14.3 Å². The van der Waals surface area contributed by atoms with E-state index in [0.717, 1.165) is 35.0 Å². The van der Waals surface area contributed by atoms with E-state index < -0.39 is 0 Å². The standard InChI is InChI=1S/C18H18N4O3/c23-18(19-11-13-7-8-14-15(10-13)25-12-24-14)6-3-5-17-21-20-16-4-1-2-9-22(16)17/h1-2,4,7-10H,3,5-6,11-12H2,(H,19,23). The highest BCUT2D eigenvalue weighted by Gasteiger charge is 2.13. The number of carbonyl (C=O) groups excluding carboxylic acids is 1. The van der Waals surface area contributed by atoms with Crippen LogP contribution >= 0.6 is 0 Å². The van der Waals surface area contributed by atoms with Gasteiger partial charge in [-0.3, -0.25) is 9.20 Å². The monoisotopic (exact) mass is 338 g/mol. The van der Waals surface area contributed by atoms with Crippen molar-refractivity contribution in [1.82, 2.24) is 19.9 Å². The quantitative estimate of drug-likeness (QED) is 0.745. The fourth-order valence-electron chi connectivity index (χ4n) is 2.81. The van der Waals surface area contributed by atoms with Gasteiger partial charge in [0.1, 0.15) is 5.82 Å². The van der Waals surface area contributed by atoms with E-state index in [1.54, 1.807) is 0 Å². The van der Waals surface area contributed by atoms with E-state index in [0.29, 0.717) is 19.4 Å². The van der Waals surface area contributed by atoms with Crippen LogP contribution < -0.4 is 14.8 Å². The number of ether oxygens (including phenoxy) is 2. The van der Waals surface area contributed by atoms with E-state index >= 15 is 0 Å². The van der Waals surface area contributed by atoms with E-state index in [9.17, 15) is 4.79 Å². The van der Waals surface area contributed by atoms with Crippen LogP contribution in [0, 0.1) is 0 Å². The Hall–Kier alpha value is -3.09. The second-order valence-electron chi connectivity index (χ2n) is 5.86. The lowest BCUT2D eigenvalue weighted by Crippen LogP contribution is -2.22.